The number of nitrogens with zero attached hydrogens (tertiary/aromatic N) is 1. The lowest BCUT2D eigenvalue weighted by Gasteiger charge is -2.60. The average molecular weight is 311 g/mol. The molecule has 5 rings (SSSR count). The summed E-state index contributed by atoms with van der Waals surface area (Å²) in [4.78, 5) is 2.70. The van der Waals surface area contributed by atoms with Gasteiger partial charge in [-0.3, -0.25) is 4.90 Å². The van der Waals surface area contributed by atoms with Crippen molar-refractivity contribution in [3.05, 3.63) is 34.9 Å². The van der Waals surface area contributed by atoms with Crippen molar-refractivity contribution in [3.63, 3.8) is 0 Å². The van der Waals surface area contributed by atoms with E-state index in [2.05, 4.69) is 50.8 Å². The molecule has 1 aromatic rings. The van der Waals surface area contributed by atoms with Crippen molar-refractivity contribution in [2.75, 3.05) is 13.3 Å². The lowest BCUT2D eigenvalue weighted by atomic mass is 9.51. The predicted octanol–water partition coefficient (Wildman–Crippen LogP) is 3.86. The minimum absolute atomic E-state index is 0.113. The second-order valence-electron chi connectivity index (χ2n) is 8.15. The quantitative estimate of drug-likeness (QED) is 0.679. The fourth-order valence-corrected chi connectivity index (χ4v) is 5.81. The van der Waals surface area contributed by atoms with Crippen LogP contribution in [0.3, 0.4) is 0 Å². The minimum atomic E-state index is 0.113. The van der Waals surface area contributed by atoms with E-state index in [1.54, 1.807) is 5.57 Å². The van der Waals surface area contributed by atoms with Crippen LogP contribution in [-0.4, -0.2) is 23.8 Å². The lowest BCUT2D eigenvalue weighted by molar-refractivity contribution is 0.0178. The molecule has 1 saturated heterocycles. The van der Waals surface area contributed by atoms with E-state index < -0.39 is 0 Å². The summed E-state index contributed by atoms with van der Waals surface area (Å²) in [5.74, 6) is 3.05. The molecular formula is C20H25NO2. The molecule has 0 unspecified atom stereocenters. The highest BCUT2D eigenvalue weighted by Crippen LogP contribution is 2.61. The average Bonchev–Trinajstić information content (AvgIpc) is 3.10. The van der Waals surface area contributed by atoms with Gasteiger partial charge in [0.15, 0.2) is 11.5 Å². The van der Waals surface area contributed by atoms with Crippen LogP contribution in [0.1, 0.15) is 45.2 Å². The number of ether oxygens (including phenoxy) is 2. The number of allylic oxidation sites excluding steroid dienone is 1. The van der Waals surface area contributed by atoms with Gasteiger partial charge >= 0.3 is 0 Å². The van der Waals surface area contributed by atoms with Gasteiger partial charge in [-0.2, -0.15) is 0 Å². The lowest BCUT2D eigenvalue weighted by Crippen LogP contribution is -2.64. The Kier molecular flexibility index (Phi) is 2.50. The number of benzene rings is 1. The van der Waals surface area contributed by atoms with E-state index in [1.807, 2.05) is 0 Å². The maximum absolute atomic E-state index is 5.70. The third-order valence-electron chi connectivity index (χ3n) is 7.60. The summed E-state index contributed by atoms with van der Waals surface area (Å²) >= 11 is 0. The fourth-order valence-electron chi connectivity index (χ4n) is 5.81. The molecular weight excluding hydrogens is 286 g/mol. The smallest absolute Gasteiger partial charge is 0.231 e. The summed E-state index contributed by atoms with van der Waals surface area (Å²) in [6, 6.07) is 4.51. The van der Waals surface area contributed by atoms with E-state index in [0.29, 0.717) is 18.6 Å². The van der Waals surface area contributed by atoms with E-state index in [4.69, 9.17) is 9.47 Å². The van der Waals surface area contributed by atoms with Crippen LogP contribution in [0.15, 0.2) is 23.8 Å². The molecule has 4 aliphatic rings. The Morgan fingerprint density at radius 3 is 2.65 bits per heavy atom. The molecule has 0 saturated carbocycles. The Bertz CT molecular complexity index is 739. The van der Waals surface area contributed by atoms with Crippen molar-refractivity contribution in [2.45, 2.75) is 51.6 Å². The molecule has 23 heavy (non-hydrogen) atoms. The van der Waals surface area contributed by atoms with Gasteiger partial charge in [0.1, 0.15) is 0 Å². The van der Waals surface area contributed by atoms with Gasteiger partial charge in [-0.15, -0.1) is 0 Å². The van der Waals surface area contributed by atoms with Gasteiger partial charge in [0.05, 0.1) is 0 Å². The third kappa shape index (κ3) is 1.42. The molecule has 3 heterocycles. The van der Waals surface area contributed by atoms with Gasteiger partial charge in [0, 0.05) is 24.0 Å². The normalized spacial score (nSPS) is 40.6. The number of rotatable bonds is 0. The molecule has 0 aromatic heterocycles. The number of hydrogen-bond donors (Lipinski definition) is 0. The van der Waals surface area contributed by atoms with Gasteiger partial charge in [0.2, 0.25) is 6.79 Å². The Morgan fingerprint density at radius 1 is 1.13 bits per heavy atom. The van der Waals surface area contributed by atoms with Crippen molar-refractivity contribution in [2.24, 2.45) is 11.8 Å². The van der Waals surface area contributed by atoms with E-state index in [0.717, 1.165) is 18.0 Å². The third-order valence-corrected chi connectivity index (χ3v) is 7.60. The largest absolute Gasteiger partial charge is 0.454 e. The summed E-state index contributed by atoms with van der Waals surface area (Å²) in [6.07, 6.45) is 3.77. The molecule has 0 N–H and O–H groups in total. The second-order valence-corrected chi connectivity index (χ2v) is 8.15. The van der Waals surface area contributed by atoms with E-state index in [-0.39, 0.29) is 11.0 Å². The van der Waals surface area contributed by atoms with Crippen LogP contribution in [0.25, 0.3) is 0 Å². The fraction of sp³-hybridized carbons (Fsp3) is 0.600. The minimum Gasteiger partial charge on any atom is -0.454 e. The van der Waals surface area contributed by atoms with Crippen LogP contribution in [0, 0.1) is 11.8 Å². The van der Waals surface area contributed by atoms with Crippen LogP contribution in [0.5, 0.6) is 11.5 Å². The van der Waals surface area contributed by atoms with Gasteiger partial charge in [-0.25, -0.2) is 0 Å². The molecule has 1 aliphatic carbocycles. The van der Waals surface area contributed by atoms with Gasteiger partial charge in [-0.1, -0.05) is 32.4 Å². The monoisotopic (exact) mass is 311 g/mol. The zero-order valence-corrected chi connectivity index (χ0v) is 14.5. The van der Waals surface area contributed by atoms with Crippen molar-refractivity contribution >= 4 is 0 Å². The topological polar surface area (TPSA) is 21.7 Å². The van der Waals surface area contributed by atoms with E-state index >= 15 is 0 Å². The zero-order valence-electron chi connectivity index (χ0n) is 14.5. The van der Waals surface area contributed by atoms with E-state index in [9.17, 15) is 0 Å². The Morgan fingerprint density at radius 2 is 1.87 bits per heavy atom. The van der Waals surface area contributed by atoms with Crippen molar-refractivity contribution in [3.8, 4) is 11.5 Å². The van der Waals surface area contributed by atoms with Crippen LogP contribution in [-0.2, 0) is 12.0 Å². The maximum Gasteiger partial charge on any atom is 0.231 e. The number of fused-ring (bicyclic) bond motifs is 3. The summed E-state index contributed by atoms with van der Waals surface area (Å²) in [7, 11) is 0. The first-order valence-electron chi connectivity index (χ1n) is 8.85. The SMILES string of the molecule is C[C@@H]1[C@@H](C)C=C2CCN3Cc4cc5c(cc4[C@@]1(C)[C@@]23C)OCO5. The summed E-state index contributed by atoms with van der Waals surface area (Å²) < 4.78 is 11.3. The molecule has 3 nitrogen and oxygen atoms in total. The summed E-state index contributed by atoms with van der Waals surface area (Å²) in [5, 5.41) is 0. The molecule has 122 valence electrons. The molecule has 3 heteroatoms. The Labute approximate surface area is 138 Å². The molecule has 0 radical (unpaired) electrons. The highest BCUT2D eigenvalue weighted by Gasteiger charge is 2.62. The van der Waals surface area contributed by atoms with Crippen molar-refractivity contribution < 1.29 is 9.47 Å². The predicted molar refractivity (Wildman–Crippen MR) is 89.8 cm³/mol. The molecule has 0 bridgehead atoms. The Balaban J connectivity index is 1.81. The van der Waals surface area contributed by atoms with Gasteiger partial charge in [0.25, 0.3) is 0 Å². The summed E-state index contributed by atoms with van der Waals surface area (Å²) in [5.41, 5.74) is 4.80. The van der Waals surface area contributed by atoms with E-state index in [1.165, 1.54) is 24.1 Å². The maximum atomic E-state index is 5.70. The highest BCUT2D eigenvalue weighted by molar-refractivity contribution is 5.57. The first-order chi connectivity index (χ1) is 11.0. The highest BCUT2D eigenvalue weighted by atomic mass is 16.7. The molecule has 1 fully saturated rings. The van der Waals surface area contributed by atoms with Crippen LogP contribution >= 0.6 is 0 Å². The van der Waals surface area contributed by atoms with Crippen LogP contribution < -0.4 is 9.47 Å². The van der Waals surface area contributed by atoms with Crippen LogP contribution in [0.2, 0.25) is 0 Å². The second kappa shape index (κ2) is 4.13. The van der Waals surface area contributed by atoms with Crippen molar-refractivity contribution in [1.82, 2.24) is 4.90 Å². The molecule has 4 atom stereocenters. The van der Waals surface area contributed by atoms with Crippen molar-refractivity contribution in [1.29, 1.82) is 0 Å². The zero-order chi connectivity index (χ0) is 16.0. The van der Waals surface area contributed by atoms with Gasteiger partial charge in [-0.05, 0) is 48.4 Å². The van der Waals surface area contributed by atoms with Gasteiger partial charge < -0.3 is 9.47 Å². The first-order valence-corrected chi connectivity index (χ1v) is 8.85. The molecule has 1 aromatic carbocycles. The van der Waals surface area contributed by atoms with Crippen LogP contribution in [0.4, 0.5) is 0 Å². The first kappa shape index (κ1) is 13.9. The molecule has 0 amide bonds. The number of hydrogen-bond acceptors (Lipinski definition) is 3. The molecule has 0 spiro atoms. The Hall–Kier alpha value is -1.48. The standard InChI is InChI=1S/C20H25NO2/c1-12-7-15-5-6-21-10-14-8-17-18(23-11-22-17)9-16(14)19(3,13(12)2)20(15,21)4/h7-9,12-13H,5-6,10-11H2,1-4H3/t12-,13+,19-,20+/m0/s1. The molecule has 3 aliphatic heterocycles. The summed E-state index contributed by atoms with van der Waals surface area (Å²) in [6.45, 7) is 12.3.